The smallest absolute Gasteiger partial charge is 0.321 e. The molecule has 0 radical (unpaired) electrons. The molecule has 21 heavy (non-hydrogen) atoms. The minimum atomic E-state index is -0.879. The first kappa shape index (κ1) is 16.5. The Labute approximate surface area is 124 Å². The summed E-state index contributed by atoms with van der Waals surface area (Å²) in [6.45, 7) is 1.79. The fourth-order valence-electron chi connectivity index (χ4n) is 1.77. The molecule has 1 rings (SSSR count). The van der Waals surface area contributed by atoms with Crippen molar-refractivity contribution in [2.45, 2.75) is 32.2 Å². The fourth-order valence-corrected chi connectivity index (χ4v) is 1.77. The SMILES string of the molecule is CC(CC#N)N(C)C(=O)Nc1ccccc1CCC(=O)O. The summed E-state index contributed by atoms with van der Waals surface area (Å²) >= 11 is 0. The van der Waals surface area contributed by atoms with Crippen molar-refractivity contribution >= 4 is 17.7 Å². The van der Waals surface area contributed by atoms with Gasteiger partial charge in [-0.1, -0.05) is 18.2 Å². The lowest BCUT2D eigenvalue weighted by molar-refractivity contribution is -0.136. The molecule has 2 amide bonds. The highest BCUT2D eigenvalue weighted by Crippen LogP contribution is 2.18. The van der Waals surface area contributed by atoms with Gasteiger partial charge in [0, 0.05) is 25.2 Å². The second-order valence-electron chi connectivity index (χ2n) is 4.80. The number of carboxylic acids is 1. The van der Waals surface area contributed by atoms with Gasteiger partial charge in [-0.2, -0.15) is 5.26 Å². The van der Waals surface area contributed by atoms with E-state index in [9.17, 15) is 9.59 Å². The van der Waals surface area contributed by atoms with Crippen LogP contribution >= 0.6 is 0 Å². The number of amides is 2. The first-order valence-corrected chi connectivity index (χ1v) is 6.66. The number of aryl methyl sites for hydroxylation is 1. The van der Waals surface area contributed by atoms with Gasteiger partial charge in [-0.15, -0.1) is 0 Å². The van der Waals surface area contributed by atoms with Crippen LogP contribution in [-0.4, -0.2) is 35.1 Å². The van der Waals surface area contributed by atoms with Gasteiger partial charge in [-0.3, -0.25) is 4.79 Å². The van der Waals surface area contributed by atoms with Crippen molar-refractivity contribution in [1.29, 1.82) is 5.26 Å². The van der Waals surface area contributed by atoms with Crippen LogP contribution < -0.4 is 5.32 Å². The third kappa shape index (κ3) is 5.15. The van der Waals surface area contributed by atoms with Crippen LogP contribution in [0.3, 0.4) is 0 Å². The summed E-state index contributed by atoms with van der Waals surface area (Å²) in [7, 11) is 1.62. The number of carbonyl (C=O) groups is 2. The van der Waals surface area contributed by atoms with E-state index < -0.39 is 5.97 Å². The van der Waals surface area contributed by atoms with Crippen molar-refractivity contribution in [2.24, 2.45) is 0 Å². The Kier molecular flexibility index (Phi) is 6.21. The molecule has 1 unspecified atom stereocenters. The Bertz CT molecular complexity index is 551. The van der Waals surface area contributed by atoms with Gasteiger partial charge in [0.2, 0.25) is 0 Å². The molecule has 0 aliphatic carbocycles. The van der Waals surface area contributed by atoms with Crippen LogP contribution in [-0.2, 0) is 11.2 Å². The number of urea groups is 1. The molecule has 6 heteroatoms. The number of hydrogen-bond acceptors (Lipinski definition) is 3. The van der Waals surface area contributed by atoms with E-state index in [2.05, 4.69) is 5.32 Å². The molecule has 0 aromatic heterocycles. The minimum Gasteiger partial charge on any atom is -0.481 e. The maximum atomic E-state index is 12.1. The highest BCUT2D eigenvalue weighted by molar-refractivity contribution is 5.90. The van der Waals surface area contributed by atoms with E-state index >= 15 is 0 Å². The number of aliphatic carboxylic acids is 1. The summed E-state index contributed by atoms with van der Waals surface area (Å²) in [6.07, 6.45) is 0.612. The molecular weight excluding hydrogens is 270 g/mol. The number of carbonyl (C=O) groups excluding carboxylic acids is 1. The van der Waals surface area contributed by atoms with Gasteiger partial charge >= 0.3 is 12.0 Å². The van der Waals surface area contributed by atoms with E-state index in [1.807, 2.05) is 6.07 Å². The average Bonchev–Trinajstić information content (AvgIpc) is 2.45. The first-order chi connectivity index (χ1) is 9.95. The summed E-state index contributed by atoms with van der Waals surface area (Å²) in [4.78, 5) is 24.2. The van der Waals surface area contributed by atoms with Crippen molar-refractivity contribution in [1.82, 2.24) is 4.90 Å². The number of nitrogens with zero attached hydrogens (tertiary/aromatic N) is 2. The largest absolute Gasteiger partial charge is 0.481 e. The van der Waals surface area contributed by atoms with Gasteiger partial charge in [0.25, 0.3) is 0 Å². The predicted molar refractivity (Wildman–Crippen MR) is 78.9 cm³/mol. The highest BCUT2D eigenvalue weighted by Gasteiger charge is 2.16. The third-order valence-electron chi connectivity index (χ3n) is 3.24. The Morgan fingerprint density at radius 2 is 2.10 bits per heavy atom. The number of nitriles is 1. The molecule has 0 spiro atoms. The van der Waals surface area contributed by atoms with Gasteiger partial charge in [0.15, 0.2) is 0 Å². The molecular formula is C15H19N3O3. The molecule has 2 N–H and O–H groups in total. The summed E-state index contributed by atoms with van der Waals surface area (Å²) in [5.41, 5.74) is 1.37. The van der Waals surface area contributed by atoms with Crippen LogP contribution in [0.25, 0.3) is 0 Å². The van der Waals surface area contributed by atoms with Crippen molar-refractivity contribution in [3.8, 4) is 6.07 Å². The number of benzene rings is 1. The standard InChI is InChI=1S/C15H19N3O3/c1-11(9-10-16)18(2)15(21)17-13-6-4-3-5-12(13)7-8-14(19)20/h3-6,11H,7-9H2,1-2H3,(H,17,21)(H,19,20). The number of para-hydroxylation sites is 1. The predicted octanol–water partition coefficient (Wildman–Crippen LogP) is 2.47. The maximum Gasteiger partial charge on any atom is 0.321 e. The molecule has 1 aromatic rings. The molecule has 0 aliphatic rings. The number of nitrogens with one attached hydrogen (secondary N) is 1. The maximum absolute atomic E-state index is 12.1. The summed E-state index contributed by atoms with van der Waals surface area (Å²) < 4.78 is 0. The Morgan fingerprint density at radius 3 is 2.71 bits per heavy atom. The van der Waals surface area contributed by atoms with Crippen LogP contribution in [0.4, 0.5) is 10.5 Å². The molecule has 0 saturated carbocycles. The lowest BCUT2D eigenvalue weighted by Gasteiger charge is -2.24. The minimum absolute atomic E-state index is 0.00750. The average molecular weight is 289 g/mol. The third-order valence-corrected chi connectivity index (χ3v) is 3.24. The Morgan fingerprint density at radius 1 is 1.43 bits per heavy atom. The summed E-state index contributed by atoms with van der Waals surface area (Å²) in [6, 6.07) is 8.61. The summed E-state index contributed by atoms with van der Waals surface area (Å²) in [5.74, 6) is -0.879. The Balaban J connectivity index is 2.76. The molecule has 1 aromatic carbocycles. The van der Waals surface area contributed by atoms with E-state index in [-0.39, 0.29) is 24.9 Å². The lowest BCUT2D eigenvalue weighted by Crippen LogP contribution is -2.38. The van der Waals surface area contributed by atoms with Gasteiger partial charge in [-0.05, 0) is 25.0 Å². The van der Waals surface area contributed by atoms with Crippen LogP contribution in [0.1, 0.15) is 25.3 Å². The molecule has 0 bridgehead atoms. The molecule has 0 fully saturated rings. The van der Waals surface area contributed by atoms with Crippen molar-refractivity contribution in [2.75, 3.05) is 12.4 Å². The van der Waals surface area contributed by atoms with Crippen LogP contribution in [0.5, 0.6) is 0 Å². The first-order valence-electron chi connectivity index (χ1n) is 6.66. The van der Waals surface area contributed by atoms with Gasteiger partial charge in [0.1, 0.15) is 0 Å². The van der Waals surface area contributed by atoms with Crippen molar-refractivity contribution < 1.29 is 14.7 Å². The van der Waals surface area contributed by atoms with E-state index in [0.29, 0.717) is 12.1 Å². The zero-order valence-corrected chi connectivity index (χ0v) is 12.2. The normalized spacial score (nSPS) is 11.3. The fraction of sp³-hybridized carbons (Fsp3) is 0.400. The zero-order valence-electron chi connectivity index (χ0n) is 12.2. The van der Waals surface area contributed by atoms with E-state index in [0.717, 1.165) is 5.56 Å². The molecule has 1 atom stereocenters. The van der Waals surface area contributed by atoms with Gasteiger partial charge < -0.3 is 15.3 Å². The molecule has 0 saturated heterocycles. The highest BCUT2D eigenvalue weighted by atomic mass is 16.4. The monoisotopic (exact) mass is 289 g/mol. The second-order valence-corrected chi connectivity index (χ2v) is 4.80. The van der Waals surface area contributed by atoms with E-state index in [1.54, 1.807) is 38.2 Å². The number of carboxylic acid groups (broad SMARTS) is 1. The van der Waals surface area contributed by atoms with Crippen LogP contribution in [0.2, 0.25) is 0 Å². The molecule has 0 heterocycles. The molecule has 6 nitrogen and oxygen atoms in total. The van der Waals surface area contributed by atoms with Gasteiger partial charge in [-0.25, -0.2) is 4.79 Å². The molecule has 0 aliphatic heterocycles. The number of hydrogen-bond donors (Lipinski definition) is 2. The van der Waals surface area contributed by atoms with Crippen molar-refractivity contribution in [3.05, 3.63) is 29.8 Å². The summed E-state index contributed by atoms with van der Waals surface area (Å²) in [5, 5.41) is 20.2. The quantitative estimate of drug-likeness (QED) is 0.841. The van der Waals surface area contributed by atoms with E-state index in [1.165, 1.54) is 4.90 Å². The van der Waals surface area contributed by atoms with E-state index in [4.69, 9.17) is 10.4 Å². The van der Waals surface area contributed by atoms with Crippen LogP contribution in [0, 0.1) is 11.3 Å². The van der Waals surface area contributed by atoms with Gasteiger partial charge in [0.05, 0.1) is 12.5 Å². The van der Waals surface area contributed by atoms with Crippen LogP contribution in [0.15, 0.2) is 24.3 Å². The Hall–Kier alpha value is -2.55. The molecule has 112 valence electrons. The van der Waals surface area contributed by atoms with Crippen molar-refractivity contribution in [3.63, 3.8) is 0 Å². The zero-order chi connectivity index (χ0) is 15.8. The number of rotatable bonds is 6. The topological polar surface area (TPSA) is 93.4 Å². The second kappa shape index (κ2) is 7.90. The lowest BCUT2D eigenvalue weighted by atomic mass is 10.1. The number of anilines is 1.